The van der Waals surface area contributed by atoms with E-state index in [0.717, 1.165) is 18.5 Å². The predicted octanol–water partition coefficient (Wildman–Crippen LogP) is 1.62. The van der Waals surface area contributed by atoms with E-state index in [-0.39, 0.29) is 12.1 Å². The van der Waals surface area contributed by atoms with Crippen molar-refractivity contribution in [1.82, 2.24) is 14.7 Å². The molecule has 0 bridgehead atoms. The monoisotopic (exact) mass is 263 g/mol. The lowest BCUT2D eigenvalue weighted by molar-refractivity contribution is -0.128. The first kappa shape index (κ1) is 13.8. The Balaban J connectivity index is 2.30. The molecule has 1 amide bonds. The van der Waals surface area contributed by atoms with Gasteiger partial charge in [0.2, 0.25) is 0 Å². The Morgan fingerprint density at radius 1 is 1.32 bits per heavy atom. The molecule has 0 radical (unpaired) electrons. The average molecular weight is 263 g/mol. The van der Waals surface area contributed by atoms with Crippen molar-refractivity contribution < 1.29 is 9.59 Å². The zero-order valence-electron chi connectivity index (χ0n) is 12.2. The van der Waals surface area contributed by atoms with Crippen molar-refractivity contribution in [3.05, 3.63) is 17.0 Å². The molecule has 1 saturated carbocycles. The summed E-state index contributed by atoms with van der Waals surface area (Å²) >= 11 is 0. The molecular formula is C14H21N3O2. The minimum Gasteiger partial charge on any atom is -0.330 e. The Hall–Kier alpha value is -1.65. The van der Waals surface area contributed by atoms with Gasteiger partial charge in [0, 0.05) is 24.8 Å². The Labute approximate surface area is 113 Å². The summed E-state index contributed by atoms with van der Waals surface area (Å²) < 4.78 is 1.65. The minimum absolute atomic E-state index is 0.0567. The first-order valence-electron chi connectivity index (χ1n) is 6.71. The minimum atomic E-state index is -0.427. The normalized spacial score (nSPS) is 14.8. The number of nitrogens with zero attached hydrogens (tertiary/aromatic N) is 3. The third-order valence-corrected chi connectivity index (χ3v) is 3.66. The number of carbonyl (C=O) groups is 2. The van der Waals surface area contributed by atoms with Crippen LogP contribution in [-0.2, 0) is 11.8 Å². The zero-order chi connectivity index (χ0) is 14.3. The number of hydrogen-bond donors (Lipinski definition) is 0. The third kappa shape index (κ3) is 2.41. The van der Waals surface area contributed by atoms with Crippen molar-refractivity contribution in [3.8, 4) is 0 Å². The molecule has 19 heavy (non-hydrogen) atoms. The van der Waals surface area contributed by atoms with Gasteiger partial charge in [0.1, 0.15) is 0 Å². The highest BCUT2D eigenvalue weighted by Gasteiger charge is 2.38. The van der Waals surface area contributed by atoms with Gasteiger partial charge in [-0.25, -0.2) is 0 Å². The number of carbonyl (C=O) groups excluding carboxylic acids is 2. The van der Waals surface area contributed by atoms with Gasteiger partial charge in [-0.2, -0.15) is 5.10 Å². The molecule has 0 N–H and O–H groups in total. The number of aryl methyl sites for hydroxylation is 2. The van der Waals surface area contributed by atoms with E-state index in [9.17, 15) is 9.59 Å². The molecule has 1 aliphatic rings. The van der Waals surface area contributed by atoms with Crippen LogP contribution in [0.4, 0.5) is 0 Å². The van der Waals surface area contributed by atoms with Gasteiger partial charge in [-0.15, -0.1) is 0 Å². The summed E-state index contributed by atoms with van der Waals surface area (Å²) in [6.07, 6.45) is 2.00. The summed E-state index contributed by atoms with van der Waals surface area (Å²) in [5, 5.41) is 4.20. The third-order valence-electron chi connectivity index (χ3n) is 3.66. The molecule has 2 rings (SSSR count). The fourth-order valence-corrected chi connectivity index (χ4v) is 2.50. The van der Waals surface area contributed by atoms with Crippen LogP contribution in [0, 0.1) is 13.8 Å². The van der Waals surface area contributed by atoms with Crippen molar-refractivity contribution in [2.75, 3.05) is 0 Å². The van der Waals surface area contributed by atoms with Crippen LogP contribution in [0.15, 0.2) is 0 Å². The molecule has 0 saturated heterocycles. The van der Waals surface area contributed by atoms with Crippen LogP contribution in [0.5, 0.6) is 0 Å². The summed E-state index contributed by atoms with van der Waals surface area (Å²) in [6, 6.07) is 0.301. The van der Waals surface area contributed by atoms with Crippen LogP contribution >= 0.6 is 0 Å². The second-order valence-corrected chi connectivity index (χ2v) is 5.54. The smallest absolute Gasteiger partial charge is 0.295 e. The number of aromatic nitrogens is 2. The van der Waals surface area contributed by atoms with Gasteiger partial charge in [-0.05, 0) is 40.5 Å². The fraction of sp³-hybridized carbons (Fsp3) is 0.643. The SMILES string of the molecule is Cc1nn(C)c(C)c1C(=O)C(=O)N(C(C)C)C1CC1. The van der Waals surface area contributed by atoms with Crippen molar-refractivity contribution in [1.29, 1.82) is 0 Å². The standard InChI is InChI=1S/C14H21N3O2/c1-8(2)17(11-6-7-11)14(19)13(18)12-9(3)15-16(5)10(12)4/h8,11H,6-7H2,1-5H3. The average Bonchev–Trinajstić information content (AvgIpc) is 3.08. The van der Waals surface area contributed by atoms with E-state index in [2.05, 4.69) is 5.10 Å². The summed E-state index contributed by atoms with van der Waals surface area (Å²) in [5.74, 6) is -0.819. The lowest BCUT2D eigenvalue weighted by Crippen LogP contribution is -2.43. The topological polar surface area (TPSA) is 55.2 Å². The maximum Gasteiger partial charge on any atom is 0.295 e. The highest BCUT2D eigenvalue weighted by molar-refractivity contribution is 6.43. The van der Waals surface area contributed by atoms with Crippen LogP contribution in [0.3, 0.4) is 0 Å². The Morgan fingerprint density at radius 2 is 1.89 bits per heavy atom. The van der Waals surface area contributed by atoms with Crippen LogP contribution in [-0.4, -0.2) is 38.5 Å². The van der Waals surface area contributed by atoms with E-state index >= 15 is 0 Å². The van der Waals surface area contributed by atoms with Gasteiger partial charge in [-0.1, -0.05) is 0 Å². The molecule has 5 heteroatoms. The predicted molar refractivity (Wildman–Crippen MR) is 72.0 cm³/mol. The quantitative estimate of drug-likeness (QED) is 0.612. The number of hydrogen-bond acceptors (Lipinski definition) is 3. The molecule has 0 aliphatic heterocycles. The summed E-state index contributed by atoms with van der Waals surface area (Å²) in [6.45, 7) is 7.49. The molecule has 1 fully saturated rings. The molecule has 5 nitrogen and oxygen atoms in total. The summed E-state index contributed by atoms with van der Waals surface area (Å²) in [5.41, 5.74) is 1.83. The zero-order valence-corrected chi connectivity index (χ0v) is 12.2. The number of Topliss-reactive ketones (excluding diaryl/α,β-unsaturated/α-hetero) is 1. The van der Waals surface area contributed by atoms with Crippen LogP contribution < -0.4 is 0 Å². The molecule has 0 spiro atoms. The Kier molecular flexibility index (Phi) is 3.47. The van der Waals surface area contributed by atoms with Gasteiger partial charge in [0.25, 0.3) is 11.7 Å². The van der Waals surface area contributed by atoms with Crippen LogP contribution in [0.25, 0.3) is 0 Å². The Bertz CT molecular complexity index is 525. The van der Waals surface area contributed by atoms with E-state index in [4.69, 9.17) is 0 Å². The summed E-state index contributed by atoms with van der Waals surface area (Å²) in [4.78, 5) is 26.6. The summed E-state index contributed by atoms with van der Waals surface area (Å²) in [7, 11) is 1.78. The van der Waals surface area contributed by atoms with Gasteiger partial charge < -0.3 is 4.90 Å². The van der Waals surface area contributed by atoms with Gasteiger partial charge in [0.05, 0.1) is 11.3 Å². The lowest BCUT2D eigenvalue weighted by atomic mass is 10.1. The lowest BCUT2D eigenvalue weighted by Gasteiger charge is -2.25. The second kappa shape index (κ2) is 4.79. The van der Waals surface area contributed by atoms with Crippen molar-refractivity contribution in [3.63, 3.8) is 0 Å². The number of ketones is 1. The van der Waals surface area contributed by atoms with E-state index in [1.165, 1.54) is 0 Å². The molecule has 1 aliphatic carbocycles. The fourth-order valence-electron chi connectivity index (χ4n) is 2.50. The molecule has 0 unspecified atom stereocenters. The van der Waals surface area contributed by atoms with E-state index in [1.807, 2.05) is 20.8 Å². The number of rotatable bonds is 4. The highest BCUT2D eigenvalue weighted by atomic mass is 16.2. The second-order valence-electron chi connectivity index (χ2n) is 5.54. The maximum absolute atomic E-state index is 12.4. The Morgan fingerprint density at radius 3 is 2.26 bits per heavy atom. The van der Waals surface area contributed by atoms with Crippen molar-refractivity contribution in [2.24, 2.45) is 7.05 Å². The number of amides is 1. The van der Waals surface area contributed by atoms with E-state index < -0.39 is 11.7 Å². The molecule has 1 heterocycles. The largest absolute Gasteiger partial charge is 0.330 e. The van der Waals surface area contributed by atoms with Crippen LogP contribution in [0.1, 0.15) is 48.4 Å². The molecule has 0 aromatic carbocycles. The molecule has 1 aromatic heterocycles. The first-order valence-corrected chi connectivity index (χ1v) is 6.71. The van der Waals surface area contributed by atoms with E-state index in [0.29, 0.717) is 11.3 Å². The van der Waals surface area contributed by atoms with E-state index in [1.54, 1.807) is 23.6 Å². The first-order chi connectivity index (χ1) is 8.84. The highest BCUT2D eigenvalue weighted by Crippen LogP contribution is 2.29. The van der Waals surface area contributed by atoms with Crippen molar-refractivity contribution >= 4 is 11.7 Å². The molecule has 104 valence electrons. The van der Waals surface area contributed by atoms with Gasteiger partial charge in [-0.3, -0.25) is 14.3 Å². The molecular weight excluding hydrogens is 242 g/mol. The maximum atomic E-state index is 12.4. The molecule has 1 aromatic rings. The van der Waals surface area contributed by atoms with Crippen molar-refractivity contribution in [2.45, 2.75) is 52.6 Å². The van der Waals surface area contributed by atoms with Gasteiger partial charge >= 0.3 is 0 Å². The van der Waals surface area contributed by atoms with Crippen LogP contribution in [0.2, 0.25) is 0 Å². The molecule has 0 atom stereocenters. The van der Waals surface area contributed by atoms with Gasteiger partial charge in [0.15, 0.2) is 0 Å².